The van der Waals surface area contributed by atoms with Gasteiger partial charge in [-0.3, -0.25) is 0 Å². The van der Waals surface area contributed by atoms with Crippen LogP contribution in [-0.4, -0.2) is 17.7 Å². The minimum absolute atomic E-state index is 0.0330. The van der Waals surface area contributed by atoms with Crippen molar-refractivity contribution in [1.29, 1.82) is 0 Å². The molecule has 0 aliphatic carbocycles. The maximum Gasteiger partial charge on any atom is 0.337 e. The number of halogens is 3. The van der Waals surface area contributed by atoms with Crippen molar-refractivity contribution in [2.45, 2.75) is 20.1 Å². The first-order chi connectivity index (χ1) is 14.9. The van der Waals surface area contributed by atoms with Gasteiger partial charge in [-0.2, -0.15) is 0 Å². The quantitative estimate of drug-likeness (QED) is 0.347. The average Bonchev–Trinajstić information content (AvgIpc) is 2.74. The van der Waals surface area contributed by atoms with Crippen LogP contribution in [0.1, 0.15) is 28.4 Å². The van der Waals surface area contributed by atoms with E-state index in [1.54, 1.807) is 30.3 Å². The number of rotatable bonds is 9. The Labute approximate surface area is 195 Å². The molecule has 31 heavy (non-hydrogen) atoms. The predicted octanol–water partition coefficient (Wildman–Crippen LogP) is 6.93. The van der Waals surface area contributed by atoms with E-state index in [1.807, 2.05) is 25.1 Å². The first-order valence-electron chi connectivity index (χ1n) is 9.46. The molecule has 8 heteroatoms. The summed E-state index contributed by atoms with van der Waals surface area (Å²) in [6.07, 6.45) is 0. The van der Waals surface area contributed by atoms with Crippen molar-refractivity contribution in [2.24, 2.45) is 0 Å². The summed E-state index contributed by atoms with van der Waals surface area (Å²) in [6.45, 7) is 3.04. The molecule has 0 amide bonds. The van der Waals surface area contributed by atoms with Crippen molar-refractivity contribution in [1.82, 2.24) is 0 Å². The van der Waals surface area contributed by atoms with Gasteiger partial charge in [0.15, 0.2) is 11.5 Å². The zero-order chi connectivity index (χ0) is 22.4. The van der Waals surface area contributed by atoms with Gasteiger partial charge in [0.05, 0.1) is 22.2 Å². The summed E-state index contributed by atoms with van der Waals surface area (Å²) in [5.74, 6) is -0.0949. The molecule has 0 aromatic heterocycles. The number of hydrogen-bond donors (Lipinski definition) is 2. The Bertz CT molecular complexity index is 1070. The van der Waals surface area contributed by atoms with E-state index in [4.69, 9.17) is 44.3 Å². The van der Waals surface area contributed by atoms with Crippen LogP contribution in [0, 0.1) is 0 Å². The molecular weight excluding hydrogens is 461 g/mol. The maximum atomic E-state index is 11.3. The van der Waals surface area contributed by atoms with E-state index in [9.17, 15) is 9.90 Å². The Morgan fingerprint density at radius 1 is 0.935 bits per heavy atom. The van der Waals surface area contributed by atoms with Gasteiger partial charge in [-0.15, -0.1) is 0 Å². The molecule has 5 nitrogen and oxygen atoms in total. The van der Waals surface area contributed by atoms with Gasteiger partial charge in [-0.1, -0.05) is 46.9 Å². The number of ether oxygens (including phenoxy) is 2. The molecule has 0 spiro atoms. The fourth-order valence-electron chi connectivity index (χ4n) is 2.87. The topological polar surface area (TPSA) is 67.8 Å². The third-order valence-corrected chi connectivity index (χ3v) is 5.22. The van der Waals surface area contributed by atoms with Crippen LogP contribution in [0.4, 0.5) is 5.69 Å². The molecule has 0 unspecified atom stereocenters. The van der Waals surface area contributed by atoms with E-state index in [1.165, 1.54) is 6.07 Å². The first kappa shape index (κ1) is 23.1. The van der Waals surface area contributed by atoms with Crippen LogP contribution < -0.4 is 14.8 Å². The van der Waals surface area contributed by atoms with Crippen LogP contribution >= 0.6 is 34.8 Å². The summed E-state index contributed by atoms with van der Waals surface area (Å²) in [6, 6.07) is 15.7. The molecule has 0 aliphatic rings. The van der Waals surface area contributed by atoms with E-state index in [-0.39, 0.29) is 10.6 Å². The first-order valence-corrected chi connectivity index (χ1v) is 10.6. The Balaban J connectivity index is 1.75. The molecule has 3 rings (SSSR count). The fraction of sp³-hybridized carbons (Fsp3) is 0.174. The summed E-state index contributed by atoms with van der Waals surface area (Å²) in [4.78, 5) is 11.3. The van der Waals surface area contributed by atoms with Crippen LogP contribution in [0.2, 0.25) is 15.1 Å². The second-order valence-electron chi connectivity index (χ2n) is 6.61. The second-order valence-corrected chi connectivity index (χ2v) is 7.86. The Morgan fingerprint density at radius 3 is 2.35 bits per heavy atom. The molecule has 3 aromatic rings. The third-order valence-electron chi connectivity index (χ3n) is 4.36. The summed E-state index contributed by atoms with van der Waals surface area (Å²) in [7, 11) is 0. The molecule has 0 heterocycles. The highest BCUT2D eigenvalue weighted by Crippen LogP contribution is 2.37. The Kier molecular flexibility index (Phi) is 7.91. The standard InChI is InChI=1S/C23H20Cl3NO4/c1-2-30-21-10-15(12-27-17-7-8-19(25)18(11-17)23(28)29)9-20(26)22(21)31-13-14-3-5-16(24)6-4-14/h3-11,27H,2,12-13H2,1H3,(H,28,29). The van der Waals surface area contributed by atoms with E-state index in [0.29, 0.717) is 47.0 Å². The van der Waals surface area contributed by atoms with E-state index in [2.05, 4.69) is 5.32 Å². The molecule has 3 aromatic carbocycles. The van der Waals surface area contributed by atoms with Gasteiger partial charge in [0.2, 0.25) is 0 Å². The minimum atomic E-state index is -1.09. The van der Waals surface area contributed by atoms with Gasteiger partial charge in [0, 0.05) is 17.3 Å². The lowest BCUT2D eigenvalue weighted by molar-refractivity contribution is 0.0697. The smallest absolute Gasteiger partial charge is 0.337 e. The van der Waals surface area contributed by atoms with Gasteiger partial charge in [-0.05, 0) is 60.5 Å². The van der Waals surface area contributed by atoms with E-state index < -0.39 is 5.97 Å². The highest BCUT2D eigenvalue weighted by molar-refractivity contribution is 6.33. The van der Waals surface area contributed by atoms with Gasteiger partial charge >= 0.3 is 5.97 Å². The van der Waals surface area contributed by atoms with Crippen LogP contribution in [-0.2, 0) is 13.2 Å². The largest absolute Gasteiger partial charge is 0.490 e. The zero-order valence-corrected chi connectivity index (χ0v) is 18.9. The van der Waals surface area contributed by atoms with Crippen molar-refractivity contribution >= 4 is 46.5 Å². The maximum absolute atomic E-state index is 11.3. The summed E-state index contributed by atoms with van der Waals surface area (Å²) in [5.41, 5.74) is 2.45. The molecule has 0 aliphatic heterocycles. The lowest BCUT2D eigenvalue weighted by atomic mass is 10.1. The van der Waals surface area contributed by atoms with Crippen molar-refractivity contribution < 1.29 is 19.4 Å². The number of aromatic carboxylic acids is 1. The number of nitrogens with one attached hydrogen (secondary N) is 1. The highest BCUT2D eigenvalue weighted by atomic mass is 35.5. The number of benzene rings is 3. The lowest BCUT2D eigenvalue weighted by Crippen LogP contribution is -2.05. The molecule has 162 valence electrons. The van der Waals surface area contributed by atoms with Crippen molar-refractivity contribution in [3.63, 3.8) is 0 Å². The number of carbonyl (C=O) groups is 1. The number of hydrogen-bond acceptors (Lipinski definition) is 4. The SMILES string of the molecule is CCOc1cc(CNc2ccc(Cl)c(C(=O)O)c2)cc(Cl)c1OCc1ccc(Cl)cc1. The molecule has 0 radical (unpaired) electrons. The molecule has 2 N–H and O–H groups in total. The Morgan fingerprint density at radius 2 is 1.68 bits per heavy atom. The predicted molar refractivity (Wildman–Crippen MR) is 124 cm³/mol. The minimum Gasteiger partial charge on any atom is -0.490 e. The van der Waals surface area contributed by atoms with Crippen molar-refractivity contribution in [3.8, 4) is 11.5 Å². The lowest BCUT2D eigenvalue weighted by Gasteiger charge is -2.16. The molecule has 0 bridgehead atoms. The molecule has 0 saturated carbocycles. The third kappa shape index (κ3) is 6.20. The molecular formula is C23H20Cl3NO4. The summed E-state index contributed by atoms with van der Waals surface area (Å²) < 4.78 is 11.6. The normalized spacial score (nSPS) is 10.6. The monoisotopic (exact) mass is 479 g/mol. The zero-order valence-electron chi connectivity index (χ0n) is 16.6. The van der Waals surface area contributed by atoms with Crippen LogP contribution in [0.3, 0.4) is 0 Å². The molecule has 0 saturated heterocycles. The van der Waals surface area contributed by atoms with E-state index in [0.717, 1.165) is 11.1 Å². The molecule has 0 fully saturated rings. The summed E-state index contributed by atoms with van der Waals surface area (Å²) in [5, 5.41) is 13.6. The van der Waals surface area contributed by atoms with Crippen LogP contribution in [0.25, 0.3) is 0 Å². The Hall–Kier alpha value is -2.60. The van der Waals surface area contributed by atoms with Gasteiger partial charge in [0.1, 0.15) is 6.61 Å². The van der Waals surface area contributed by atoms with Crippen LogP contribution in [0.5, 0.6) is 11.5 Å². The fourth-order valence-corrected chi connectivity index (χ4v) is 3.48. The summed E-state index contributed by atoms with van der Waals surface area (Å²) >= 11 is 18.3. The van der Waals surface area contributed by atoms with Crippen molar-refractivity contribution in [2.75, 3.05) is 11.9 Å². The van der Waals surface area contributed by atoms with Gasteiger partial charge in [-0.25, -0.2) is 4.79 Å². The van der Waals surface area contributed by atoms with Gasteiger partial charge < -0.3 is 19.9 Å². The van der Waals surface area contributed by atoms with E-state index >= 15 is 0 Å². The van der Waals surface area contributed by atoms with Crippen LogP contribution in [0.15, 0.2) is 54.6 Å². The second kappa shape index (κ2) is 10.6. The number of carboxylic acid groups (broad SMARTS) is 1. The number of carboxylic acids is 1. The highest BCUT2D eigenvalue weighted by Gasteiger charge is 2.14. The van der Waals surface area contributed by atoms with Gasteiger partial charge in [0.25, 0.3) is 0 Å². The molecule has 0 atom stereocenters. The number of anilines is 1. The average molecular weight is 481 g/mol. The van der Waals surface area contributed by atoms with Crippen molar-refractivity contribution in [3.05, 3.63) is 86.4 Å².